The summed E-state index contributed by atoms with van der Waals surface area (Å²) in [5.41, 5.74) is 6.18. The topological polar surface area (TPSA) is 113 Å². The third-order valence-corrected chi connectivity index (χ3v) is 6.09. The molecular formula is C30H26N6O2. The maximum atomic E-state index is 12.8. The molecule has 0 fully saturated rings. The number of benzene rings is 1. The van der Waals surface area contributed by atoms with E-state index in [1.807, 2.05) is 54.7 Å². The Hall–Kier alpha value is -5.11. The molecule has 4 heterocycles. The van der Waals surface area contributed by atoms with Gasteiger partial charge in [0, 0.05) is 52.0 Å². The molecule has 0 atom stereocenters. The fourth-order valence-electron chi connectivity index (χ4n) is 4.08. The van der Waals surface area contributed by atoms with Crippen molar-refractivity contribution in [3.8, 4) is 22.3 Å². The van der Waals surface area contributed by atoms with Crippen LogP contribution in [0.4, 0.5) is 11.5 Å². The molecule has 0 aliphatic rings. The summed E-state index contributed by atoms with van der Waals surface area (Å²) in [5.74, 6) is 0.165. The van der Waals surface area contributed by atoms with Gasteiger partial charge in [-0.1, -0.05) is 44.7 Å². The van der Waals surface area contributed by atoms with Crippen LogP contribution in [0.5, 0.6) is 0 Å². The second-order valence-electron chi connectivity index (χ2n) is 9.09. The molecule has 0 saturated carbocycles. The first-order valence-corrected chi connectivity index (χ1v) is 12.2. The Morgan fingerprint density at radius 2 is 1.74 bits per heavy atom. The lowest BCUT2D eigenvalue weighted by molar-refractivity contribution is -0.111. The summed E-state index contributed by atoms with van der Waals surface area (Å²) in [5, 5.41) is 6.52. The van der Waals surface area contributed by atoms with E-state index in [4.69, 9.17) is 0 Å². The molecule has 8 nitrogen and oxygen atoms in total. The number of aromatic amines is 1. The quantitative estimate of drug-likeness (QED) is 0.230. The van der Waals surface area contributed by atoms with Gasteiger partial charge in [-0.3, -0.25) is 14.6 Å². The lowest BCUT2D eigenvalue weighted by atomic mass is 10.0. The average molecular weight is 503 g/mol. The Morgan fingerprint density at radius 1 is 0.921 bits per heavy atom. The zero-order valence-corrected chi connectivity index (χ0v) is 21.0. The van der Waals surface area contributed by atoms with Crippen LogP contribution < -0.4 is 10.6 Å². The number of carbonyl (C=O) groups excluding carboxylic acids is 2. The summed E-state index contributed by atoms with van der Waals surface area (Å²) in [4.78, 5) is 41.1. The molecule has 0 unspecified atom stereocenters. The number of fused-ring (bicyclic) bond motifs is 1. The first kappa shape index (κ1) is 24.6. The summed E-state index contributed by atoms with van der Waals surface area (Å²) in [6.07, 6.45) is 6.56. The highest BCUT2D eigenvalue weighted by molar-refractivity contribution is 6.03. The lowest BCUT2D eigenvalue weighted by Crippen LogP contribution is -2.15. The highest BCUT2D eigenvalue weighted by Gasteiger charge is 2.13. The Labute approximate surface area is 219 Å². The maximum absolute atomic E-state index is 12.8. The van der Waals surface area contributed by atoms with Crippen molar-refractivity contribution in [1.29, 1.82) is 0 Å². The van der Waals surface area contributed by atoms with Crippen molar-refractivity contribution in [2.45, 2.75) is 19.8 Å². The number of carbonyl (C=O) groups is 2. The van der Waals surface area contributed by atoms with E-state index < -0.39 is 0 Å². The van der Waals surface area contributed by atoms with E-state index >= 15 is 0 Å². The Bertz CT molecular complexity index is 1650. The van der Waals surface area contributed by atoms with Crippen LogP contribution in [0.1, 0.15) is 35.9 Å². The molecule has 5 aromatic rings. The molecular weight excluding hydrogens is 476 g/mol. The normalized spacial score (nSPS) is 10.9. The number of H-pyrrole nitrogens is 1. The van der Waals surface area contributed by atoms with Crippen LogP contribution in [-0.4, -0.2) is 31.8 Å². The van der Waals surface area contributed by atoms with Gasteiger partial charge < -0.3 is 15.6 Å². The minimum Gasteiger partial charge on any atom is -0.346 e. The van der Waals surface area contributed by atoms with E-state index in [-0.39, 0.29) is 17.7 Å². The molecule has 3 N–H and O–H groups in total. The van der Waals surface area contributed by atoms with E-state index in [2.05, 4.69) is 51.0 Å². The number of nitrogens with one attached hydrogen (secondary N) is 3. The van der Waals surface area contributed by atoms with Crippen molar-refractivity contribution in [3.63, 3.8) is 0 Å². The smallest absolute Gasteiger partial charge is 0.275 e. The number of amides is 2. The van der Waals surface area contributed by atoms with Gasteiger partial charge in [0.2, 0.25) is 5.91 Å². The van der Waals surface area contributed by atoms with Gasteiger partial charge in [0.05, 0.1) is 0 Å². The van der Waals surface area contributed by atoms with Gasteiger partial charge in [0.15, 0.2) is 0 Å². The largest absolute Gasteiger partial charge is 0.346 e. The summed E-state index contributed by atoms with van der Waals surface area (Å²) in [7, 11) is 0. The third-order valence-electron chi connectivity index (χ3n) is 6.09. The molecule has 188 valence electrons. The Kier molecular flexibility index (Phi) is 6.78. The second-order valence-corrected chi connectivity index (χ2v) is 9.09. The molecule has 0 radical (unpaired) electrons. The van der Waals surface area contributed by atoms with Gasteiger partial charge in [0.1, 0.15) is 17.2 Å². The Morgan fingerprint density at radius 3 is 2.50 bits per heavy atom. The van der Waals surface area contributed by atoms with Crippen molar-refractivity contribution in [2.75, 3.05) is 10.6 Å². The fourth-order valence-corrected chi connectivity index (χ4v) is 4.08. The van der Waals surface area contributed by atoms with Gasteiger partial charge in [-0.05, 0) is 54.0 Å². The third kappa shape index (κ3) is 5.19. The number of anilines is 2. The summed E-state index contributed by atoms with van der Waals surface area (Å²) in [6, 6.07) is 18.7. The summed E-state index contributed by atoms with van der Waals surface area (Å²) >= 11 is 0. The molecule has 0 aliphatic heterocycles. The average Bonchev–Trinajstić information content (AvgIpc) is 3.36. The molecule has 8 heteroatoms. The highest BCUT2D eigenvalue weighted by Crippen LogP contribution is 2.31. The zero-order valence-electron chi connectivity index (χ0n) is 21.0. The van der Waals surface area contributed by atoms with E-state index in [1.165, 1.54) is 6.08 Å². The number of hydrogen-bond acceptors (Lipinski definition) is 5. The van der Waals surface area contributed by atoms with Crippen molar-refractivity contribution < 1.29 is 9.59 Å². The number of nitrogens with zero attached hydrogens (tertiary/aromatic N) is 3. The minimum absolute atomic E-state index is 0.262. The van der Waals surface area contributed by atoms with Crippen LogP contribution in [0.2, 0.25) is 0 Å². The Balaban J connectivity index is 1.39. The van der Waals surface area contributed by atoms with Gasteiger partial charge in [-0.15, -0.1) is 0 Å². The van der Waals surface area contributed by atoms with Crippen molar-refractivity contribution in [3.05, 3.63) is 103 Å². The first-order valence-electron chi connectivity index (χ1n) is 12.2. The van der Waals surface area contributed by atoms with Crippen LogP contribution in [0.15, 0.2) is 91.9 Å². The van der Waals surface area contributed by atoms with Crippen molar-refractivity contribution in [1.82, 2.24) is 19.9 Å². The van der Waals surface area contributed by atoms with E-state index in [0.29, 0.717) is 17.2 Å². The van der Waals surface area contributed by atoms with Gasteiger partial charge in [-0.25, -0.2) is 9.97 Å². The fraction of sp³-hybridized carbons (Fsp3) is 0.100. The van der Waals surface area contributed by atoms with Crippen LogP contribution >= 0.6 is 0 Å². The monoisotopic (exact) mass is 502 g/mol. The lowest BCUT2D eigenvalue weighted by Gasteiger charge is -2.09. The van der Waals surface area contributed by atoms with Crippen molar-refractivity contribution >= 4 is 34.4 Å². The number of hydrogen-bond donors (Lipinski definition) is 3. The van der Waals surface area contributed by atoms with E-state index in [9.17, 15) is 9.59 Å². The molecule has 0 spiro atoms. The molecule has 38 heavy (non-hydrogen) atoms. The zero-order chi connectivity index (χ0) is 26.6. The van der Waals surface area contributed by atoms with Crippen LogP contribution in [0.25, 0.3) is 33.3 Å². The minimum atomic E-state index is -0.323. The summed E-state index contributed by atoms with van der Waals surface area (Å²) in [6.45, 7) is 7.60. The van der Waals surface area contributed by atoms with Gasteiger partial charge >= 0.3 is 0 Å². The molecule has 0 bridgehead atoms. The molecule has 4 aromatic heterocycles. The van der Waals surface area contributed by atoms with Crippen LogP contribution in [0, 0.1) is 0 Å². The predicted molar refractivity (Wildman–Crippen MR) is 150 cm³/mol. The van der Waals surface area contributed by atoms with Crippen molar-refractivity contribution in [2.24, 2.45) is 0 Å². The molecule has 0 saturated heterocycles. The molecule has 0 aliphatic carbocycles. The van der Waals surface area contributed by atoms with Gasteiger partial charge in [0.25, 0.3) is 5.91 Å². The van der Waals surface area contributed by atoms with E-state index in [0.717, 1.165) is 39.0 Å². The number of rotatable bonds is 7. The summed E-state index contributed by atoms with van der Waals surface area (Å²) < 4.78 is 0. The number of pyridine rings is 3. The van der Waals surface area contributed by atoms with Crippen LogP contribution in [0.3, 0.4) is 0 Å². The molecule has 2 amide bonds. The standard InChI is InChI=1S/C30H26N6O2/c1-4-28(37)34-22-8-5-7-19(13-22)21-14-23-24(17-33-29(23)32-16-21)20-11-12-26(31-15-20)30(38)36-27-10-6-9-25(35-27)18(2)3/h4-18H,1H2,2-3H3,(H,32,33)(H,34,37)(H,35,36,38). The first-order chi connectivity index (χ1) is 18.4. The maximum Gasteiger partial charge on any atom is 0.275 e. The predicted octanol–water partition coefficient (Wildman–Crippen LogP) is 6.19. The SMILES string of the molecule is C=CC(=O)Nc1cccc(-c2cnc3[nH]cc(-c4ccc(C(=O)Nc5cccc(C(C)C)n5)nc4)c3c2)c1. The van der Waals surface area contributed by atoms with Crippen LogP contribution in [-0.2, 0) is 4.79 Å². The second kappa shape index (κ2) is 10.5. The van der Waals surface area contributed by atoms with E-state index in [1.54, 1.807) is 24.5 Å². The van der Waals surface area contributed by atoms with Gasteiger partial charge in [-0.2, -0.15) is 0 Å². The number of aromatic nitrogens is 4. The molecule has 1 aromatic carbocycles. The highest BCUT2D eigenvalue weighted by atomic mass is 16.2. The molecule has 5 rings (SSSR count).